The first-order valence-corrected chi connectivity index (χ1v) is 8.81. The minimum Gasteiger partial charge on any atom is -0.411 e. The highest BCUT2D eigenvalue weighted by Gasteiger charge is 2.26. The highest BCUT2D eigenvalue weighted by molar-refractivity contribution is 6.01. The van der Waals surface area contributed by atoms with Crippen molar-refractivity contribution in [2.75, 3.05) is 13.1 Å². The molecule has 1 atom stereocenters. The molecule has 1 aliphatic rings. The van der Waals surface area contributed by atoms with Crippen molar-refractivity contribution < 1.29 is 5.21 Å². The molecule has 0 radical (unpaired) electrons. The van der Waals surface area contributed by atoms with Crippen LogP contribution in [-0.4, -0.2) is 35.0 Å². The highest BCUT2D eigenvalue weighted by Crippen LogP contribution is 2.28. The normalized spacial score (nSPS) is 18.5. The van der Waals surface area contributed by atoms with Crippen LogP contribution in [-0.2, 0) is 12.8 Å². The summed E-state index contributed by atoms with van der Waals surface area (Å²) in [5, 5.41) is 12.8. The lowest BCUT2D eigenvalue weighted by Gasteiger charge is -2.35. The number of hydrogen-bond acceptors (Lipinski definition) is 3. The van der Waals surface area contributed by atoms with Gasteiger partial charge in [-0.2, -0.15) is 0 Å². The molecule has 0 amide bonds. The number of fused-ring (bicyclic) bond motifs is 1. The van der Waals surface area contributed by atoms with Gasteiger partial charge in [0.05, 0.1) is 5.71 Å². The van der Waals surface area contributed by atoms with Crippen LogP contribution in [0.5, 0.6) is 0 Å². The summed E-state index contributed by atoms with van der Waals surface area (Å²) in [4.78, 5) is 2.65. The van der Waals surface area contributed by atoms with Gasteiger partial charge >= 0.3 is 0 Å². The van der Waals surface area contributed by atoms with Gasteiger partial charge in [0, 0.05) is 11.6 Å². The Hall–Kier alpha value is -1.35. The Morgan fingerprint density at radius 2 is 1.95 bits per heavy atom. The fourth-order valence-corrected chi connectivity index (χ4v) is 3.72. The molecule has 22 heavy (non-hydrogen) atoms. The van der Waals surface area contributed by atoms with Crippen LogP contribution in [0.1, 0.15) is 63.1 Å². The lowest BCUT2D eigenvalue weighted by atomic mass is 9.83. The molecule has 1 N–H and O–H groups in total. The standard InChI is InChI=1S/C19H30N2O/c1-4-12-21(13-5-2)16-11-10-15-8-7-9-17(18(15)14-16)19(6-3)20-22/h7-9,16,22H,4-6,10-14H2,1-3H3/b20-19+. The third-order valence-electron chi connectivity index (χ3n) is 4.76. The van der Waals surface area contributed by atoms with E-state index in [9.17, 15) is 5.21 Å². The molecule has 1 aromatic rings. The maximum absolute atomic E-state index is 9.30. The zero-order valence-corrected chi connectivity index (χ0v) is 14.3. The molecule has 0 fully saturated rings. The van der Waals surface area contributed by atoms with Crippen molar-refractivity contribution in [3.8, 4) is 0 Å². The minimum atomic E-state index is 0.630. The summed E-state index contributed by atoms with van der Waals surface area (Å²) in [6.07, 6.45) is 6.66. The van der Waals surface area contributed by atoms with Crippen LogP contribution in [0, 0.1) is 0 Å². The first-order chi connectivity index (χ1) is 10.7. The number of nitrogens with zero attached hydrogens (tertiary/aromatic N) is 2. The minimum absolute atomic E-state index is 0.630. The summed E-state index contributed by atoms with van der Waals surface area (Å²) < 4.78 is 0. The van der Waals surface area contributed by atoms with Gasteiger partial charge in [-0.1, -0.05) is 44.1 Å². The van der Waals surface area contributed by atoms with Crippen molar-refractivity contribution in [1.82, 2.24) is 4.90 Å². The summed E-state index contributed by atoms with van der Waals surface area (Å²) in [5.41, 5.74) is 4.82. The van der Waals surface area contributed by atoms with Crippen LogP contribution in [0.3, 0.4) is 0 Å². The van der Waals surface area contributed by atoms with Crippen LogP contribution >= 0.6 is 0 Å². The van der Waals surface area contributed by atoms with E-state index < -0.39 is 0 Å². The molecule has 0 aromatic heterocycles. The molecule has 0 saturated carbocycles. The van der Waals surface area contributed by atoms with Gasteiger partial charge in [0.15, 0.2) is 0 Å². The monoisotopic (exact) mass is 302 g/mol. The molecule has 2 rings (SSSR count). The van der Waals surface area contributed by atoms with Crippen molar-refractivity contribution in [3.63, 3.8) is 0 Å². The summed E-state index contributed by atoms with van der Waals surface area (Å²) in [6, 6.07) is 7.09. The average molecular weight is 302 g/mol. The van der Waals surface area contributed by atoms with Crippen molar-refractivity contribution in [1.29, 1.82) is 0 Å². The van der Waals surface area contributed by atoms with Crippen LogP contribution in [0.15, 0.2) is 23.4 Å². The quantitative estimate of drug-likeness (QED) is 0.464. The third-order valence-corrected chi connectivity index (χ3v) is 4.76. The third kappa shape index (κ3) is 3.70. The van der Waals surface area contributed by atoms with Gasteiger partial charge in [0.1, 0.15) is 0 Å². The molecule has 1 aromatic carbocycles. The van der Waals surface area contributed by atoms with Crippen molar-refractivity contribution in [2.45, 2.75) is 65.3 Å². The SMILES string of the molecule is CCCN(CCC)C1CCc2cccc(/C(CC)=N/O)c2C1. The Morgan fingerprint density at radius 3 is 2.55 bits per heavy atom. The molecule has 1 unspecified atom stereocenters. The second-order valence-electron chi connectivity index (χ2n) is 6.28. The molecule has 1 aliphatic carbocycles. The summed E-state index contributed by atoms with van der Waals surface area (Å²) in [5.74, 6) is 0. The number of rotatable bonds is 7. The van der Waals surface area contributed by atoms with E-state index in [2.05, 4.69) is 49.0 Å². The van der Waals surface area contributed by atoms with E-state index in [0.717, 1.165) is 30.5 Å². The highest BCUT2D eigenvalue weighted by atomic mass is 16.4. The number of hydrogen-bond donors (Lipinski definition) is 1. The van der Waals surface area contributed by atoms with Crippen molar-refractivity contribution in [3.05, 3.63) is 34.9 Å². The first kappa shape index (κ1) is 17.0. The van der Waals surface area contributed by atoms with Crippen LogP contribution in [0.25, 0.3) is 0 Å². The number of aryl methyl sites for hydroxylation is 1. The van der Waals surface area contributed by atoms with Crippen LogP contribution < -0.4 is 0 Å². The largest absolute Gasteiger partial charge is 0.411 e. The summed E-state index contributed by atoms with van der Waals surface area (Å²) in [6.45, 7) is 8.95. The Labute approximate surface area is 135 Å². The molecule has 0 heterocycles. The Balaban J connectivity index is 2.28. The van der Waals surface area contributed by atoms with Crippen molar-refractivity contribution in [2.24, 2.45) is 5.16 Å². The van der Waals surface area contributed by atoms with Crippen molar-refractivity contribution >= 4 is 5.71 Å². The average Bonchev–Trinajstić information content (AvgIpc) is 2.55. The van der Waals surface area contributed by atoms with Gasteiger partial charge in [-0.3, -0.25) is 0 Å². The summed E-state index contributed by atoms with van der Waals surface area (Å²) in [7, 11) is 0. The molecule has 3 heteroatoms. The van der Waals surface area contributed by atoms with Crippen LogP contribution in [0.4, 0.5) is 0 Å². The lowest BCUT2D eigenvalue weighted by Crippen LogP contribution is -2.40. The van der Waals surface area contributed by atoms with E-state index >= 15 is 0 Å². The Morgan fingerprint density at radius 1 is 1.23 bits per heavy atom. The Bertz CT molecular complexity index is 504. The number of benzene rings is 1. The number of oxime groups is 1. The van der Waals surface area contributed by atoms with Gasteiger partial charge in [-0.25, -0.2) is 0 Å². The lowest BCUT2D eigenvalue weighted by molar-refractivity contribution is 0.180. The molecule has 3 nitrogen and oxygen atoms in total. The smallest absolute Gasteiger partial charge is 0.0867 e. The molecule has 0 bridgehead atoms. The molecular formula is C19H30N2O. The predicted molar refractivity (Wildman–Crippen MR) is 93.0 cm³/mol. The maximum Gasteiger partial charge on any atom is 0.0867 e. The molecule has 122 valence electrons. The second kappa shape index (κ2) is 8.33. The fourth-order valence-electron chi connectivity index (χ4n) is 3.72. The molecule has 0 aliphatic heterocycles. The van der Waals surface area contributed by atoms with E-state index in [4.69, 9.17) is 0 Å². The van der Waals surface area contributed by atoms with E-state index in [1.54, 1.807) is 0 Å². The predicted octanol–water partition coefficient (Wildman–Crippen LogP) is 4.25. The molecular weight excluding hydrogens is 272 g/mol. The first-order valence-electron chi connectivity index (χ1n) is 8.81. The Kier molecular flexibility index (Phi) is 6.44. The van der Waals surface area contributed by atoms with Gasteiger partial charge in [0.25, 0.3) is 0 Å². The van der Waals surface area contributed by atoms with E-state index in [0.29, 0.717) is 6.04 Å². The van der Waals surface area contributed by atoms with Gasteiger partial charge in [0.2, 0.25) is 0 Å². The van der Waals surface area contributed by atoms with Gasteiger partial charge in [-0.15, -0.1) is 0 Å². The fraction of sp³-hybridized carbons (Fsp3) is 0.632. The van der Waals surface area contributed by atoms with E-state index in [1.807, 2.05) is 0 Å². The van der Waals surface area contributed by atoms with Gasteiger partial charge < -0.3 is 10.1 Å². The topological polar surface area (TPSA) is 35.8 Å². The molecule has 0 spiro atoms. The van der Waals surface area contributed by atoms with Gasteiger partial charge in [-0.05, 0) is 62.7 Å². The second-order valence-corrected chi connectivity index (χ2v) is 6.28. The summed E-state index contributed by atoms with van der Waals surface area (Å²) >= 11 is 0. The maximum atomic E-state index is 9.30. The molecule has 0 saturated heterocycles. The van der Waals surface area contributed by atoms with Crippen LogP contribution in [0.2, 0.25) is 0 Å². The van der Waals surface area contributed by atoms with E-state index in [-0.39, 0.29) is 0 Å². The zero-order chi connectivity index (χ0) is 15.9. The van der Waals surface area contributed by atoms with E-state index in [1.165, 1.54) is 43.5 Å². The zero-order valence-electron chi connectivity index (χ0n) is 14.3.